The minimum Gasteiger partial charge on any atom is -0.397 e. The second kappa shape index (κ2) is 20.9. The van der Waals surface area contributed by atoms with E-state index in [9.17, 15) is 0 Å². The van der Waals surface area contributed by atoms with E-state index < -0.39 is 18.8 Å². The smallest absolute Gasteiger partial charge is 0.397 e. The average molecular weight is 471 g/mol. The van der Waals surface area contributed by atoms with Gasteiger partial charge in [-0.2, -0.15) is 0 Å². The fourth-order valence-electron chi connectivity index (χ4n) is 2.39. The summed E-state index contributed by atoms with van der Waals surface area (Å²) in [6.07, 6.45) is 5.45. The molecule has 1 aliphatic heterocycles. The van der Waals surface area contributed by atoms with Crippen LogP contribution in [0.3, 0.4) is 0 Å². The summed E-state index contributed by atoms with van der Waals surface area (Å²) in [5.41, 5.74) is 5.42. The van der Waals surface area contributed by atoms with Crippen LogP contribution in [0.4, 0.5) is 0 Å². The molecule has 2 atom stereocenters. The van der Waals surface area contributed by atoms with E-state index in [0.29, 0.717) is 6.10 Å². The molecule has 3 N–H and O–H groups in total. The Balaban J connectivity index is 0.000000495. The van der Waals surface area contributed by atoms with E-state index in [1.54, 1.807) is 21.3 Å². The van der Waals surface area contributed by atoms with Gasteiger partial charge in [-0.3, -0.25) is 5.32 Å². The summed E-state index contributed by atoms with van der Waals surface area (Å²) in [7, 11) is 1.68. The summed E-state index contributed by atoms with van der Waals surface area (Å²) in [6.45, 7) is 10.0. The van der Waals surface area contributed by atoms with E-state index in [2.05, 4.69) is 5.32 Å². The van der Waals surface area contributed by atoms with Crippen LogP contribution in [0.15, 0.2) is 0 Å². The predicted octanol–water partition coefficient (Wildman–Crippen LogP) is 1.16. The SMILES string of the molecule is CC(N)NC1CC1.CCO[SiH](CCCCOCC1CO1)OCC.CO[SiH](OC)OC. The van der Waals surface area contributed by atoms with Gasteiger partial charge in [-0.1, -0.05) is 0 Å². The molecule has 0 aromatic rings. The summed E-state index contributed by atoms with van der Waals surface area (Å²) >= 11 is 0. The summed E-state index contributed by atoms with van der Waals surface area (Å²) < 4.78 is 35.9. The lowest BCUT2D eigenvalue weighted by molar-refractivity contribution is 0.113. The Bertz CT molecular complexity index is 350. The van der Waals surface area contributed by atoms with Gasteiger partial charge in [0.1, 0.15) is 6.10 Å². The Morgan fingerprint density at radius 3 is 1.93 bits per heavy atom. The third kappa shape index (κ3) is 21.3. The molecule has 2 rings (SSSR count). The molecule has 182 valence electrons. The maximum atomic E-state index is 5.59. The lowest BCUT2D eigenvalue weighted by Gasteiger charge is -2.14. The highest BCUT2D eigenvalue weighted by Crippen LogP contribution is 2.18. The van der Waals surface area contributed by atoms with Gasteiger partial charge in [-0.15, -0.1) is 0 Å². The fourth-order valence-corrected chi connectivity index (χ4v) is 4.76. The molecule has 9 nitrogen and oxygen atoms in total. The van der Waals surface area contributed by atoms with Crippen molar-refractivity contribution in [1.29, 1.82) is 0 Å². The summed E-state index contributed by atoms with van der Waals surface area (Å²) in [5, 5.41) is 3.19. The van der Waals surface area contributed by atoms with E-state index >= 15 is 0 Å². The Hall–Kier alpha value is 0.0738. The zero-order chi connectivity index (χ0) is 22.6. The van der Waals surface area contributed by atoms with Crippen molar-refractivity contribution in [3.8, 4) is 0 Å². The molecule has 0 amide bonds. The highest BCUT2D eigenvalue weighted by atomic mass is 28.3. The van der Waals surface area contributed by atoms with Gasteiger partial charge in [0, 0.05) is 47.2 Å². The van der Waals surface area contributed by atoms with E-state index in [4.69, 9.17) is 37.3 Å². The molecule has 30 heavy (non-hydrogen) atoms. The third-order valence-corrected chi connectivity index (χ3v) is 7.49. The number of hydrogen-bond acceptors (Lipinski definition) is 9. The second-order valence-electron chi connectivity index (χ2n) is 7.09. The number of rotatable bonds is 16. The van der Waals surface area contributed by atoms with Gasteiger partial charge in [0.2, 0.25) is 0 Å². The van der Waals surface area contributed by atoms with Crippen LogP contribution in [-0.2, 0) is 31.6 Å². The quantitative estimate of drug-likeness (QED) is 0.149. The first kappa shape index (κ1) is 30.1. The molecule has 0 aromatic heterocycles. The molecule has 2 unspecified atom stereocenters. The summed E-state index contributed by atoms with van der Waals surface area (Å²) in [4.78, 5) is 0. The maximum Gasteiger partial charge on any atom is 0.483 e. The van der Waals surface area contributed by atoms with Gasteiger partial charge in [-0.25, -0.2) is 0 Å². The van der Waals surface area contributed by atoms with Crippen LogP contribution < -0.4 is 11.1 Å². The van der Waals surface area contributed by atoms with Crippen molar-refractivity contribution in [3.63, 3.8) is 0 Å². The molecular formula is C19H46N2O7Si2. The first-order chi connectivity index (χ1) is 14.5. The van der Waals surface area contributed by atoms with Gasteiger partial charge in [-0.05, 0) is 52.5 Å². The highest BCUT2D eigenvalue weighted by molar-refractivity contribution is 6.44. The van der Waals surface area contributed by atoms with Crippen molar-refractivity contribution in [2.45, 2.75) is 70.8 Å². The van der Waals surface area contributed by atoms with Crippen LogP contribution in [0, 0.1) is 0 Å². The Morgan fingerprint density at radius 2 is 1.60 bits per heavy atom. The predicted molar refractivity (Wildman–Crippen MR) is 123 cm³/mol. The molecule has 2 aliphatic rings. The van der Waals surface area contributed by atoms with Crippen molar-refractivity contribution in [2.75, 3.05) is 54.4 Å². The van der Waals surface area contributed by atoms with Crippen LogP contribution in [-0.4, -0.2) is 91.5 Å². The average Bonchev–Trinajstić information content (AvgIpc) is 3.63. The molecule has 1 heterocycles. The van der Waals surface area contributed by atoms with Gasteiger partial charge in [0.05, 0.1) is 19.4 Å². The molecule has 0 aromatic carbocycles. The van der Waals surface area contributed by atoms with Crippen molar-refractivity contribution in [3.05, 3.63) is 0 Å². The molecule has 1 saturated heterocycles. The molecule has 11 heteroatoms. The topological polar surface area (TPSA) is 106 Å². The van der Waals surface area contributed by atoms with E-state index in [1.807, 2.05) is 20.8 Å². The van der Waals surface area contributed by atoms with Crippen LogP contribution in [0.5, 0.6) is 0 Å². The second-order valence-corrected chi connectivity index (χ2v) is 11.2. The van der Waals surface area contributed by atoms with Gasteiger partial charge in [0.15, 0.2) is 0 Å². The normalized spacial score (nSPS) is 18.5. The van der Waals surface area contributed by atoms with Crippen molar-refractivity contribution < 1.29 is 31.6 Å². The number of unbranched alkanes of at least 4 members (excludes halogenated alkanes) is 1. The molecule has 0 radical (unpaired) electrons. The first-order valence-corrected chi connectivity index (χ1v) is 14.2. The zero-order valence-corrected chi connectivity index (χ0v) is 22.2. The van der Waals surface area contributed by atoms with Gasteiger partial charge < -0.3 is 37.3 Å². The standard InChI is InChI=1S/C11H24O4Si.C5H12N2.C3H10O3Si/c1-3-14-16(15-4-2)8-6-5-7-12-9-11-10-13-11;1-4(6)7-5-2-3-5;1-4-7(5-2)6-3/h11,16H,3-10H2,1-2H3;4-5,7H,2-3,6H2,1H3;7H,1-3H3. The van der Waals surface area contributed by atoms with Crippen molar-refractivity contribution in [1.82, 2.24) is 5.32 Å². The minimum absolute atomic E-state index is 0.187. The number of ether oxygens (including phenoxy) is 2. The van der Waals surface area contributed by atoms with Crippen LogP contribution in [0.1, 0.15) is 46.5 Å². The monoisotopic (exact) mass is 470 g/mol. The number of nitrogens with two attached hydrogens (primary N) is 1. The number of nitrogens with one attached hydrogen (secondary N) is 1. The summed E-state index contributed by atoms with van der Waals surface area (Å²) in [6, 6.07) is 1.84. The van der Waals surface area contributed by atoms with E-state index in [1.165, 1.54) is 12.8 Å². The zero-order valence-electron chi connectivity index (χ0n) is 19.9. The fraction of sp³-hybridized carbons (Fsp3) is 1.00. The third-order valence-electron chi connectivity index (χ3n) is 4.04. The molecule has 1 saturated carbocycles. The lowest BCUT2D eigenvalue weighted by Crippen LogP contribution is -2.35. The van der Waals surface area contributed by atoms with Crippen LogP contribution in [0.2, 0.25) is 6.04 Å². The molecule has 2 fully saturated rings. The minimum atomic E-state index is -1.67. The highest BCUT2D eigenvalue weighted by Gasteiger charge is 2.22. The first-order valence-electron chi connectivity index (χ1n) is 11.0. The van der Waals surface area contributed by atoms with Gasteiger partial charge in [0.25, 0.3) is 0 Å². The van der Waals surface area contributed by atoms with Crippen LogP contribution in [0.25, 0.3) is 0 Å². The molecule has 0 bridgehead atoms. The van der Waals surface area contributed by atoms with Crippen molar-refractivity contribution in [2.24, 2.45) is 5.73 Å². The number of hydrogen-bond donors (Lipinski definition) is 2. The van der Waals surface area contributed by atoms with E-state index in [0.717, 1.165) is 58.0 Å². The summed E-state index contributed by atoms with van der Waals surface area (Å²) in [5.74, 6) is 0. The molecular weight excluding hydrogens is 424 g/mol. The van der Waals surface area contributed by atoms with E-state index in [-0.39, 0.29) is 6.17 Å². The Labute approximate surface area is 187 Å². The molecule has 0 spiro atoms. The maximum absolute atomic E-state index is 5.59. The van der Waals surface area contributed by atoms with Gasteiger partial charge >= 0.3 is 18.8 Å². The van der Waals surface area contributed by atoms with Crippen LogP contribution >= 0.6 is 0 Å². The molecule has 1 aliphatic carbocycles. The number of epoxide rings is 1. The Morgan fingerprint density at radius 1 is 1.03 bits per heavy atom. The largest absolute Gasteiger partial charge is 0.483 e. The Kier molecular flexibility index (Phi) is 21.0. The lowest BCUT2D eigenvalue weighted by atomic mass is 10.3. The van der Waals surface area contributed by atoms with Crippen molar-refractivity contribution >= 4 is 18.8 Å².